The van der Waals surface area contributed by atoms with Crippen molar-refractivity contribution >= 4 is 78.8 Å². The summed E-state index contributed by atoms with van der Waals surface area (Å²) in [5.74, 6) is 0. The van der Waals surface area contributed by atoms with E-state index in [4.69, 9.17) is 4.98 Å². The quantitative estimate of drug-likeness (QED) is 0.164. The molecule has 0 unspecified atom stereocenters. The molecule has 0 radical (unpaired) electrons. The molecule has 0 spiro atoms. The number of hydrogen-bond acceptors (Lipinski definition) is 4. The molecule has 3 heterocycles. The van der Waals surface area contributed by atoms with Crippen molar-refractivity contribution in [3.05, 3.63) is 166 Å². The minimum atomic E-state index is -0.0624. The van der Waals surface area contributed by atoms with E-state index < -0.39 is 0 Å². The van der Waals surface area contributed by atoms with Gasteiger partial charge in [-0.3, -0.25) is 0 Å². The molecule has 0 bridgehead atoms. The topological polar surface area (TPSA) is 19.4 Å². The van der Waals surface area contributed by atoms with Crippen molar-refractivity contribution in [3.8, 4) is 21.7 Å². The zero-order chi connectivity index (χ0) is 52.7. The zero-order valence-corrected chi connectivity index (χ0v) is 48.3. The molecule has 0 N–H and O–H groups in total. The fraction of sp³-hybridized carbons (Fsp3) is 0.368. The average Bonchev–Trinajstić information content (AvgIpc) is 3.72. The zero-order valence-electron chi connectivity index (χ0n) is 47.5. The summed E-state index contributed by atoms with van der Waals surface area (Å²) in [5, 5.41) is 1.04. The second kappa shape index (κ2) is 17.1. The minimum Gasteiger partial charge on any atom is -0.311 e. The van der Waals surface area contributed by atoms with Gasteiger partial charge in [0.15, 0.2) is 0 Å². The summed E-state index contributed by atoms with van der Waals surface area (Å²) in [6.45, 7) is 44.3. The maximum absolute atomic E-state index is 5.53. The van der Waals surface area contributed by atoms with Crippen LogP contribution in [0.2, 0.25) is 0 Å². The molecule has 0 saturated heterocycles. The summed E-state index contributed by atoms with van der Waals surface area (Å²) >= 11 is 1.80. The van der Waals surface area contributed by atoms with Crippen LogP contribution in [0.15, 0.2) is 127 Å². The molecule has 0 fully saturated rings. The van der Waals surface area contributed by atoms with Gasteiger partial charge in [0, 0.05) is 39.7 Å². The second-order valence-corrected chi connectivity index (χ2v) is 28.7. The molecular formula is C68H78BN3S. The van der Waals surface area contributed by atoms with E-state index in [-0.39, 0.29) is 39.2 Å². The van der Waals surface area contributed by atoms with Crippen LogP contribution in [-0.2, 0) is 32.5 Å². The summed E-state index contributed by atoms with van der Waals surface area (Å²) in [4.78, 5) is 10.8. The van der Waals surface area contributed by atoms with Crippen LogP contribution in [0.4, 0.5) is 34.1 Å². The van der Waals surface area contributed by atoms with E-state index in [9.17, 15) is 0 Å². The van der Waals surface area contributed by atoms with Gasteiger partial charge in [-0.2, -0.15) is 0 Å². The lowest BCUT2D eigenvalue weighted by Crippen LogP contribution is -2.61. The normalized spacial score (nSPS) is 14.2. The van der Waals surface area contributed by atoms with Gasteiger partial charge in [0.2, 0.25) is 0 Å². The van der Waals surface area contributed by atoms with Gasteiger partial charge in [-0.1, -0.05) is 197 Å². The van der Waals surface area contributed by atoms with Crippen LogP contribution in [0.25, 0.3) is 31.9 Å². The minimum absolute atomic E-state index is 0.0373. The van der Waals surface area contributed by atoms with Gasteiger partial charge in [-0.05, 0) is 160 Å². The fourth-order valence-corrected chi connectivity index (χ4v) is 11.9. The van der Waals surface area contributed by atoms with Crippen molar-refractivity contribution in [1.29, 1.82) is 0 Å². The number of fused-ring (bicyclic) bond motifs is 5. The fourth-order valence-electron chi connectivity index (χ4n) is 10.9. The first-order valence-electron chi connectivity index (χ1n) is 26.7. The maximum Gasteiger partial charge on any atom is 0.252 e. The van der Waals surface area contributed by atoms with Crippen LogP contribution >= 0.6 is 11.3 Å². The van der Waals surface area contributed by atoms with Crippen LogP contribution in [0.5, 0.6) is 0 Å². The van der Waals surface area contributed by atoms with E-state index in [0.717, 1.165) is 16.1 Å². The molecule has 0 atom stereocenters. The van der Waals surface area contributed by atoms with Crippen molar-refractivity contribution in [2.45, 2.75) is 164 Å². The molecule has 7 aromatic carbocycles. The van der Waals surface area contributed by atoms with Crippen molar-refractivity contribution in [2.24, 2.45) is 0 Å². The smallest absolute Gasteiger partial charge is 0.252 e. The van der Waals surface area contributed by atoms with Gasteiger partial charge in [0.1, 0.15) is 5.01 Å². The molecule has 0 aliphatic carbocycles. The Hall–Kier alpha value is -5.91. The highest BCUT2D eigenvalue weighted by Gasteiger charge is 2.45. The molecule has 2 aliphatic rings. The summed E-state index contributed by atoms with van der Waals surface area (Å²) in [7, 11) is 0. The summed E-state index contributed by atoms with van der Waals surface area (Å²) in [6, 6.07) is 50.1. The van der Waals surface area contributed by atoms with Crippen LogP contribution in [0.3, 0.4) is 0 Å². The molecule has 73 heavy (non-hydrogen) atoms. The highest BCUT2D eigenvalue weighted by molar-refractivity contribution is 7.21. The van der Waals surface area contributed by atoms with E-state index in [1.165, 1.54) is 105 Å². The number of aromatic nitrogens is 1. The van der Waals surface area contributed by atoms with Crippen LogP contribution in [-0.4, -0.2) is 11.7 Å². The van der Waals surface area contributed by atoms with Crippen molar-refractivity contribution in [2.75, 3.05) is 9.80 Å². The Morgan fingerprint density at radius 2 is 0.767 bits per heavy atom. The Morgan fingerprint density at radius 3 is 1.22 bits per heavy atom. The molecule has 0 amide bonds. The lowest BCUT2D eigenvalue weighted by Gasteiger charge is -2.45. The van der Waals surface area contributed by atoms with Gasteiger partial charge < -0.3 is 9.80 Å². The summed E-state index contributed by atoms with van der Waals surface area (Å²) in [5.41, 5.74) is 25.1. The highest BCUT2D eigenvalue weighted by Crippen LogP contribution is 2.49. The lowest BCUT2D eigenvalue weighted by atomic mass is 9.33. The lowest BCUT2D eigenvalue weighted by molar-refractivity contribution is 0.568. The molecule has 374 valence electrons. The van der Waals surface area contributed by atoms with E-state index in [0.29, 0.717) is 0 Å². The summed E-state index contributed by atoms with van der Waals surface area (Å²) < 4.78 is 1.19. The molecule has 3 nitrogen and oxygen atoms in total. The number of thiazole rings is 1. The number of rotatable bonds is 4. The molecule has 1 aromatic heterocycles. The molecule has 10 rings (SSSR count). The van der Waals surface area contributed by atoms with Gasteiger partial charge >= 0.3 is 0 Å². The van der Waals surface area contributed by atoms with Crippen molar-refractivity contribution in [3.63, 3.8) is 0 Å². The third-order valence-electron chi connectivity index (χ3n) is 15.6. The molecule has 2 aliphatic heterocycles. The Bertz CT molecular complexity index is 3390. The number of aryl methyl sites for hydroxylation is 1. The Balaban J connectivity index is 1.25. The Morgan fingerprint density at radius 1 is 0.370 bits per heavy atom. The van der Waals surface area contributed by atoms with Gasteiger partial charge in [-0.25, -0.2) is 4.98 Å². The Labute approximate surface area is 443 Å². The first kappa shape index (κ1) is 50.6. The number of hydrogen-bond donors (Lipinski definition) is 0. The first-order valence-corrected chi connectivity index (χ1v) is 27.5. The van der Waals surface area contributed by atoms with Crippen LogP contribution in [0.1, 0.15) is 164 Å². The van der Waals surface area contributed by atoms with Gasteiger partial charge in [0.25, 0.3) is 6.71 Å². The van der Waals surface area contributed by atoms with Gasteiger partial charge in [0.05, 0.1) is 10.2 Å². The van der Waals surface area contributed by atoms with E-state index >= 15 is 0 Å². The number of nitrogens with zero attached hydrogens (tertiary/aromatic N) is 3. The third-order valence-corrected chi connectivity index (χ3v) is 16.7. The van der Waals surface area contributed by atoms with Gasteiger partial charge in [-0.15, -0.1) is 11.3 Å². The van der Waals surface area contributed by atoms with Crippen molar-refractivity contribution < 1.29 is 0 Å². The highest BCUT2D eigenvalue weighted by atomic mass is 32.1. The van der Waals surface area contributed by atoms with Crippen LogP contribution < -0.4 is 26.2 Å². The summed E-state index contributed by atoms with van der Waals surface area (Å²) in [6.07, 6.45) is 0. The van der Waals surface area contributed by atoms with Crippen molar-refractivity contribution in [1.82, 2.24) is 4.98 Å². The molecule has 8 aromatic rings. The molecular weight excluding hydrogens is 902 g/mol. The first-order chi connectivity index (χ1) is 33.8. The maximum atomic E-state index is 5.53. The predicted octanol–water partition coefficient (Wildman–Crippen LogP) is 17.8. The standard InChI is InChI=1S/C68H78BN3S/c1-41-30-58-61-59(31-41)72(52-36-49(67(14,15)16)33-50(37-52)68(17,18)19)57-40-60-55(70-62(73-60)44-22-20-42(21-23-44)43-24-26-45(27-25-43)63(2,3)4)39-54(57)69(61)53-38-46(64(5,6)7)28-29-56(53)71(58)51-34-47(65(8,9)10)32-48(35-51)66(11,12)13/h20-40H,1-19H3. The largest absolute Gasteiger partial charge is 0.311 e. The predicted molar refractivity (Wildman–Crippen MR) is 321 cm³/mol. The van der Waals surface area contributed by atoms with E-state index in [1.807, 2.05) is 0 Å². The van der Waals surface area contributed by atoms with E-state index in [2.05, 4.69) is 269 Å². The SMILES string of the molecule is Cc1cc2c3c(c1)N(c1cc(C(C)(C)C)cc(C(C)(C)C)c1)c1cc4sc(-c5ccc(-c6ccc(C(C)(C)C)cc6)cc5)nc4cc1B3c1cc(C(C)(C)C)ccc1N2c1cc(C(C)(C)C)cc(C(C)(C)C)c1. The molecule has 0 saturated carbocycles. The van der Waals surface area contributed by atoms with E-state index in [1.54, 1.807) is 11.3 Å². The number of anilines is 6. The molecule has 5 heteroatoms. The monoisotopic (exact) mass is 980 g/mol. The van der Waals surface area contributed by atoms with Crippen LogP contribution in [0, 0.1) is 6.92 Å². The Kier molecular flexibility index (Phi) is 11.8. The number of benzene rings is 7. The third kappa shape index (κ3) is 9.28. The average molecular weight is 980 g/mol. The second-order valence-electron chi connectivity index (χ2n) is 27.7.